The number of aromatic nitrogens is 2. The number of thiophene rings is 1. The number of anilines is 1. The first kappa shape index (κ1) is 18.8. The molecule has 1 aromatic carbocycles. The van der Waals surface area contributed by atoms with Gasteiger partial charge in [0.1, 0.15) is 16.5 Å². The fourth-order valence-corrected chi connectivity index (χ4v) is 4.75. The van der Waals surface area contributed by atoms with Crippen molar-refractivity contribution in [3.05, 3.63) is 42.2 Å². The number of nitrogens with one attached hydrogen (secondary N) is 1. The van der Waals surface area contributed by atoms with Crippen molar-refractivity contribution in [3.63, 3.8) is 0 Å². The average Bonchev–Trinajstić information content (AvgIpc) is 3.16. The maximum atomic E-state index is 12.2. The van der Waals surface area contributed by atoms with Crippen molar-refractivity contribution in [1.82, 2.24) is 15.3 Å². The zero-order chi connectivity index (χ0) is 19.5. The van der Waals surface area contributed by atoms with Gasteiger partial charge in [0, 0.05) is 30.4 Å². The molecule has 3 heterocycles. The number of aliphatic hydroxyl groups is 1. The summed E-state index contributed by atoms with van der Waals surface area (Å²) in [5, 5.41) is 12.7. The number of carbonyl (C=O) groups excluding carboxylic acids is 1. The van der Waals surface area contributed by atoms with Crippen molar-refractivity contribution in [1.29, 1.82) is 0 Å². The number of hydrogen-bond acceptors (Lipinski definition) is 6. The molecule has 1 fully saturated rings. The zero-order valence-corrected chi connectivity index (χ0v) is 16.7. The molecule has 1 saturated heterocycles. The van der Waals surface area contributed by atoms with Gasteiger partial charge in [0.25, 0.3) is 0 Å². The monoisotopic (exact) mass is 396 g/mol. The second kappa shape index (κ2) is 8.24. The maximum Gasteiger partial charge on any atom is 0.223 e. The molecule has 146 valence electrons. The summed E-state index contributed by atoms with van der Waals surface area (Å²) in [7, 11) is 0. The lowest BCUT2D eigenvalue weighted by Gasteiger charge is -2.32. The highest BCUT2D eigenvalue weighted by Crippen LogP contribution is 2.37. The molecule has 3 aromatic rings. The molecule has 1 amide bonds. The Morgan fingerprint density at radius 3 is 2.71 bits per heavy atom. The number of rotatable bonds is 5. The summed E-state index contributed by atoms with van der Waals surface area (Å²) < 4.78 is 0. The normalized spacial score (nSPS) is 15.1. The van der Waals surface area contributed by atoms with Crippen molar-refractivity contribution >= 4 is 33.3 Å². The Labute approximate surface area is 168 Å². The van der Waals surface area contributed by atoms with Gasteiger partial charge in [-0.15, -0.1) is 11.3 Å². The molecule has 2 aromatic heterocycles. The molecule has 0 atom stereocenters. The van der Waals surface area contributed by atoms with E-state index in [-0.39, 0.29) is 18.4 Å². The van der Waals surface area contributed by atoms with E-state index in [1.54, 1.807) is 11.3 Å². The molecule has 6 nitrogen and oxygen atoms in total. The topological polar surface area (TPSA) is 78.4 Å². The summed E-state index contributed by atoms with van der Waals surface area (Å²) in [6, 6.07) is 12.5. The van der Waals surface area contributed by atoms with Gasteiger partial charge in [-0.25, -0.2) is 9.97 Å². The van der Waals surface area contributed by atoms with Crippen LogP contribution in [0, 0.1) is 12.8 Å². The van der Waals surface area contributed by atoms with Crippen LogP contribution in [0.25, 0.3) is 20.7 Å². The average molecular weight is 397 g/mol. The Kier molecular flexibility index (Phi) is 5.54. The first-order valence-electron chi connectivity index (χ1n) is 9.63. The van der Waals surface area contributed by atoms with E-state index in [4.69, 9.17) is 10.1 Å². The fraction of sp³-hybridized carbons (Fsp3) is 0.381. The van der Waals surface area contributed by atoms with Gasteiger partial charge in [-0.05, 0) is 31.4 Å². The van der Waals surface area contributed by atoms with Gasteiger partial charge in [-0.2, -0.15) is 0 Å². The van der Waals surface area contributed by atoms with Crippen molar-refractivity contribution in [2.45, 2.75) is 19.8 Å². The molecule has 1 aliphatic rings. The van der Waals surface area contributed by atoms with Gasteiger partial charge >= 0.3 is 0 Å². The molecule has 28 heavy (non-hydrogen) atoms. The third kappa shape index (κ3) is 3.86. The fourth-order valence-electron chi connectivity index (χ4n) is 3.67. The van der Waals surface area contributed by atoms with Gasteiger partial charge in [0.2, 0.25) is 5.91 Å². The van der Waals surface area contributed by atoms with Crippen LogP contribution in [0.2, 0.25) is 0 Å². The molecule has 0 unspecified atom stereocenters. The molecule has 4 rings (SSSR count). The third-order valence-corrected chi connectivity index (χ3v) is 6.20. The van der Waals surface area contributed by atoms with Crippen LogP contribution in [0.4, 0.5) is 5.82 Å². The maximum absolute atomic E-state index is 12.2. The van der Waals surface area contributed by atoms with Crippen LogP contribution in [-0.2, 0) is 4.79 Å². The lowest BCUT2D eigenvalue weighted by atomic mass is 9.96. The molecule has 0 spiro atoms. The summed E-state index contributed by atoms with van der Waals surface area (Å²) in [4.78, 5) is 26.0. The quantitative estimate of drug-likeness (QED) is 0.693. The lowest BCUT2D eigenvalue weighted by molar-refractivity contribution is -0.125. The second-order valence-corrected chi connectivity index (χ2v) is 8.10. The lowest BCUT2D eigenvalue weighted by Crippen LogP contribution is -2.41. The smallest absolute Gasteiger partial charge is 0.223 e. The Morgan fingerprint density at radius 2 is 2.00 bits per heavy atom. The number of carbonyl (C=O) groups is 1. The number of hydrogen-bond donors (Lipinski definition) is 2. The molecule has 0 bridgehead atoms. The minimum absolute atomic E-state index is 0.00331. The van der Waals surface area contributed by atoms with Crippen LogP contribution in [0.15, 0.2) is 36.4 Å². The number of nitrogens with zero attached hydrogens (tertiary/aromatic N) is 3. The van der Waals surface area contributed by atoms with E-state index in [9.17, 15) is 4.79 Å². The van der Waals surface area contributed by atoms with Crippen LogP contribution in [0.1, 0.15) is 18.7 Å². The summed E-state index contributed by atoms with van der Waals surface area (Å²) in [6.07, 6.45) is 1.58. The van der Waals surface area contributed by atoms with Crippen LogP contribution in [-0.4, -0.2) is 47.2 Å². The summed E-state index contributed by atoms with van der Waals surface area (Å²) in [5.41, 5.74) is 1.19. The Hall–Kier alpha value is -2.51. The highest BCUT2D eigenvalue weighted by Gasteiger charge is 2.27. The standard InChI is InChI=1S/C21H24N4O2S/c1-14-23-19(25-10-7-16(8-11-25)20(27)22-9-12-26)17-13-18(28-21(17)24-14)15-5-3-2-4-6-15/h2-6,13,16,26H,7-12H2,1H3,(H,22,27). The number of aliphatic hydroxyl groups excluding tert-OH is 1. The predicted octanol–water partition coefficient (Wildman–Crippen LogP) is 2.99. The van der Waals surface area contributed by atoms with Crippen LogP contribution in [0.5, 0.6) is 0 Å². The van der Waals surface area contributed by atoms with E-state index in [0.29, 0.717) is 6.54 Å². The number of piperidine rings is 1. The highest BCUT2D eigenvalue weighted by atomic mass is 32.1. The molecular weight excluding hydrogens is 372 g/mol. The molecule has 0 aliphatic carbocycles. The molecule has 1 aliphatic heterocycles. The summed E-state index contributed by atoms with van der Waals surface area (Å²) in [5.74, 6) is 1.78. The van der Waals surface area contributed by atoms with Crippen molar-refractivity contribution < 1.29 is 9.90 Å². The largest absolute Gasteiger partial charge is 0.395 e. The van der Waals surface area contributed by atoms with E-state index < -0.39 is 0 Å². The van der Waals surface area contributed by atoms with Crippen LogP contribution in [0.3, 0.4) is 0 Å². The third-order valence-electron chi connectivity index (χ3n) is 5.12. The summed E-state index contributed by atoms with van der Waals surface area (Å²) in [6.45, 7) is 3.81. The number of aryl methyl sites for hydroxylation is 1. The number of benzene rings is 1. The first-order valence-corrected chi connectivity index (χ1v) is 10.4. The SMILES string of the molecule is Cc1nc(N2CCC(C(=O)NCCO)CC2)c2cc(-c3ccccc3)sc2n1. The Balaban J connectivity index is 1.57. The summed E-state index contributed by atoms with van der Waals surface area (Å²) >= 11 is 1.69. The minimum Gasteiger partial charge on any atom is -0.395 e. The van der Waals surface area contributed by atoms with Gasteiger partial charge in [-0.3, -0.25) is 4.79 Å². The molecule has 0 saturated carbocycles. The first-order chi connectivity index (χ1) is 13.7. The van der Waals surface area contributed by atoms with Crippen molar-refractivity contribution in [3.8, 4) is 10.4 Å². The van der Waals surface area contributed by atoms with Gasteiger partial charge in [0.15, 0.2) is 0 Å². The Morgan fingerprint density at radius 1 is 1.25 bits per heavy atom. The van der Waals surface area contributed by atoms with E-state index in [2.05, 4.69) is 33.4 Å². The van der Waals surface area contributed by atoms with Crippen molar-refractivity contribution in [2.75, 3.05) is 31.1 Å². The van der Waals surface area contributed by atoms with Crippen LogP contribution >= 0.6 is 11.3 Å². The highest BCUT2D eigenvalue weighted by molar-refractivity contribution is 7.21. The second-order valence-electron chi connectivity index (χ2n) is 7.07. The minimum atomic E-state index is -0.0231. The zero-order valence-electron chi connectivity index (χ0n) is 15.9. The number of amides is 1. The molecule has 2 N–H and O–H groups in total. The van der Waals surface area contributed by atoms with Gasteiger partial charge in [0.05, 0.1) is 12.0 Å². The predicted molar refractivity (Wildman–Crippen MR) is 113 cm³/mol. The molecule has 0 radical (unpaired) electrons. The molecular formula is C21H24N4O2S. The van der Waals surface area contributed by atoms with E-state index in [1.165, 1.54) is 10.4 Å². The van der Waals surface area contributed by atoms with Gasteiger partial charge in [-0.1, -0.05) is 30.3 Å². The van der Waals surface area contributed by atoms with Gasteiger partial charge < -0.3 is 15.3 Å². The Bertz CT molecular complexity index is 965. The molecule has 7 heteroatoms. The van der Waals surface area contributed by atoms with Crippen LogP contribution < -0.4 is 10.2 Å². The van der Waals surface area contributed by atoms with Crippen molar-refractivity contribution in [2.24, 2.45) is 5.92 Å². The van der Waals surface area contributed by atoms with E-state index in [0.717, 1.165) is 47.8 Å². The van der Waals surface area contributed by atoms with E-state index >= 15 is 0 Å². The number of fused-ring (bicyclic) bond motifs is 1. The van der Waals surface area contributed by atoms with E-state index in [1.807, 2.05) is 25.1 Å².